The quantitative estimate of drug-likeness (QED) is 0.218. The molecule has 0 saturated carbocycles. The summed E-state index contributed by atoms with van der Waals surface area (Å²) in [5.74, 6) is -0.0653. The van der Waals surface area contributed by atoms with Crippen molar-refractivity contribution in [2.24, 2.45) is 11.3 Å². The summed E-state index contributed by atoms with van der Waals surface area (Å²) in [6.45, 7) is 14.9. The molecule has 31 heavy (non-hydrogen) atoms. The van der Waals surface area contributed by atoms with Crippen LogP contribution in [0.15, 0.2) is 0 Å². The van der Waals surface area contributed by atoms with Gasteiger partial charge in [0.25, 0.3) is 0 Å². The third-order valence-corrected chi connectivity index (χ3v) is 6.77. The van der Waals surface area contributed by atoms with E-state index >= 15 is 0 Å². The number of nitrogens with one attached hydrogen (secondary N) is 2. The molecule has 0 rings (SSSR count). The van der Waals surface area contributed by atoms with E-state index in [1.54, 1.807) is 18.7 Å². The monoisotopic (exact) mass is 484 g/mol. The second-order valence-corrected chi connectivity index (χ2v) is 12.9. The zero-order valence-corrected chi connectivity index (χ0v) is 21.8. The largest absolute Gasteiger partial charge is 0.472 e. The number of carbonyl (C=O) groups excluding carboxylic acids is 2. The minimum Gasteiger partial charge on any atom is -0.383 e. The number of amides is 2. The second kappa shape index (κ2) is 13.2. The smallest absolute Gasteiger partial charge is 0.383 e. The Hall–Kier alpha value is -0.640. The number of aliphatic hydroxyl groups excluding tert-OH is 1. The molecule has 11 heteroatoms. The van der Waals surface area contributed by atoms with Gasteiger partial charge in [-0.05, 0) is 12.8 Å². The van der Waals surface area contributed by atoms with Gasteiger partial charge in [-0.15, -0.1) is 0 Å². The average molecular weight is 485 g/mol. The van der Waals surface area contributed by atoms with Crippen molar-refractivity contribution in [3.63, 3.8) is 0 Å². The van der Waals surface area contributed by atoms with Crippen LogP contribution in [0.3, 0.4) is 0 Å². The SMILES string of the molecule is CC(C)C(C)OP(=O)(O)OCC(C)(C)C(O)C(=O)NCCC(=O)NCCSC(C)(C)C. The number of hydrogen-bond acceptors (Lipinski definition) is 7. The molecule has 3 unspecified atom stereocenters. The minimum absolute atomic E-state index is 0.0166. The second-order valence-electron chi connectivity index (χ2n) is 9.54. The molecular weight excluding hydrogens is 443 g/mol. The zero-order chi connectivity index (χ0) is 24.5. The van der Waals surface area contributed by atoms with E-state index in [2.05, 4.69) is 31.4 Å². The molecule has 0 aliphatic heterocycles. The first-order valence-corrected chi connectivity index (χ1v) is 13.0. The van der Waals surface area contributed by atoms with Gasteiger partial charge in [-0.25, -0.2) is 4.57 Å². The fraction of sp³-hybridized carbons (Fsp3) is 0.900. The Balaban J connectivity index is 4.37. The summed E-state index contributed by atoms with van der Waals surface area (Å²) in [5, 5.41) is 15.6. The molecule has 184 valence electrons. The van der Waals surface area contributed by atoms with E-state index in [-0.39, 0.29) is 36.1 Å². The molecule has 0 aromatic rings. The Morgan fingerprint density at radius 1 is 1.06 bits per heavy atom. The van der Waals surface area contributed by atoms with Crippen molar-refractivity contribution in [1.82, 2.24) is 10.6 Å². The number of carbonyl (C=O) groups is 2. The van der Waals surface area contributed by atoms with E-state index in [0.29, 0.717) is 6.54 Å². The van der Waals surface area contributed by atoms with Gasteiger partial charge in [0.1, 0.15) is 6.10 Å². The molecule has 0 spiro atoms. The van der Waals surface area contributed by atoms with E-state index in [0.717, 1.165) is 5.75 Å². The van der Waals surface area contributed by atoms with Crippen LogP contribution in [0.1, 0.15) is 61.8 Å². The minimum atomic E-state index is -4.32. The van der Waals surface area contributed by atoms with Gasteiger partial charge in [0, 0.05) is 35.4 Å². The topological polar surface area (TPSA) is 134 Å². The van der Waals surface area contributed by atoms with Gasteiger partial charge < -0.3 is 20.6 Å². The van der Waals surface area contributed by atoms with Crippen molar-refractivity contribution in [3.05, 3.63) is 0 Å². The van der Waals surface area contributed by atoms with Gasteiger partial charge in [0.2, 0.25) is 11.8 Å². The number of thioether (sulfide) groups is 1. The molecule has 0 aliphatic rings. The molecule has 0 heterocycles. The van der Waals surface area contributed by atoms with E-state index in [1.165, 1.54) is 13.8 Å². The summed E-state index contributed by atoms with van der Waals surface area (Å²) < 4.78 is 22.2. The summed E-state index contributed by atoms with van der Waals surface area (Å²) >= 11 is 1.75. The molecule has 2 amide bonds. The Bertz CT molecular complexity index is 623. The maximum Gasteiger partial charge on any atom is 0.472 e. The van der Waals surface area contributed by atoms with Gasteiger partial charge in [-0.3, -0.25) is 18.6 Å². The molecule has 0 radical (unpaired) electrons. The van der Waals surface area contributed by atoms with Gasteiger partial charge >= 0.3 is 7.82 Å². The Morgan fingerprint density at radius 2 is 1.65 bits per heavy atom. The van der Waals surface area contributed by atoms with Crippen LogP contribution in [0.25, 0.3) is 0 Å². The third-order valence-electron chi connectivity index (χ3n) is 4.44. The molecule has 0 aliphatic carbocycles. The Morgan fingerprint density at radius 3 is 2.16 bits per heavy atom. The fourth-order valence-electron chi connectivity index (χ4n) is 2.08. The Kier molecular flexibility index (Phi) is 12.9. The molecule has 0 bridgehead atoms. The number of hydrogen-bond donors (Lipinski definition) is 4. The van der Waals surface area contributed by atoms with Crippen LogP contribution in [0.5, 0.6) is 0 Å². The van der Waals surface area contributed by atoms with Crippen molar-refractivity contribution < 1.29 is 33.2 Å². The predicted molar refractivity (Wildman–Crippen MR) is 124 cm³/mol. The lowest BCUT2D eigenvalue weighted by atomic mass is 9.87. The maximum atomic E-state index is 12.2. The van der Waals surface area contributed by atoms with Crippen LogP contribution in [0.2, 0.25) is 0 Å². The highest BCUT2D eigenvalue weighted by molar-refractivity contribution is 8.00. The molecule has 0 aromatic heterocycles. The fourth-order valence-corrected chi connectivity index (χ4v) is 4.11. The number of aliphatic hydroxyl groups is 1. The Labute approximate surface area is 191 Å². The van der Waals surface area contributed by atoms with Crippen molar-refractivity contribution in [1.29, 1.82) is 0 Å². The van der Waals surface area contributed by atoms with Crippen LogP contribution in [-0.2, 0) is 23.2 Å². The molecule has 4 N–H and O–H groups in total. The zero-order valence-electron chi connectivity index (χ0n) is 20.1. The van der Waals surface area contributed by atoms with Crippen molar-refractivity contribution in [2.75, 3.05) is 25.4 Å². The lowest BCUT2D eigenvalue weighted by Crippen LogP contribution is -2.46. The highest BCUT2D eigenvalue weighted by atomic mass is 32.2. The number of rotatable bonds is 14. The highest BCUT2D eigenvalue weighted by Gasteiger charge is 2.37. The van der Waals surface area contributed by atoms with Crippen LogP contribution < -0.4 is 10.6 Å². The van der Waals surface area contributed by atoms with Crippen LogP contribution >= 0.6 is 19.6 Å². The molecule has 3 atom stereocenters. The van der Waals surface area contributed by atoms with Crippen LogP contribution in [0, 0.1) is 11.3 Å². The lowest BCUT2D eigenvalue weighted by molar-refractivity contribution is -0.137. The third kappa shape index (κ3) is 14.2. The van der Waals surface area contributed by atoms with Gasteiger partial charge in [-0.2, -0.15) is 11.8 Å². The molecule has 0 fully saturated rings. The molecular formula is C20H41N2O7PS. The van der Waals surface area contributed by atoms with Gasteiger partial charge in [-0.1, -0.05) is 48.5 Å². The van der Waals surface area contributed by atoms with Crippen LogP contribution in [0.4, 0.5) is 0 Å². The summed E-state index contributed by atoms with van der Waals surface area (Å²) in [5.41, 5.74) is -1.15. The van der Waals surface area contributed by atoms with E-state index in [4.69, 9.17) is 9.05 Å². The summed E-state index contributed by atoms with van der Waals surface area (Å²) in [6, 6.07) is 0. The van der Waals surface area contributed by atoms with E-state index in [9.17, 15) is 24.2 Å². The summed E-state index contributed by atoms with van der Waals surface area (Å²) in [4.78, 5) is 33.9. The van der Waals surface area contributed by atoms with Crippen molar-refractivity contribution in [2.45, 2.75) is 78.8 Å². The summed E-state index contributed by atoms with van der Waals surface area (Å²) in [7, 11) is -4.32. The standard InChI is InChI=1S/C20H41N2O7PS/c1-14(2)15(3)29-30(26,27)28-13-20(7,8)17(24)18(25)22-10-9-16(23)21-11-12-31-19(4,5)6/h14-15,17,24H,9-13H2,1-8H3,(H,21,23)(H,22,25)(H,26,27). The van der Waals surface area contributed by atoms with Gasteiger partial charge in [0.15, 0.2) is 0 Å². The van der Waals surface area contributed by atoms with Crippen molar-refractivity contribution >= 4 is 31.4 Å². The molecule has 0 aromatic carbocycles. The molecule has 9 nitrogen and oxygen atoms in total. The maximum absolute atomic E-state index is 12.2. The first-order chi connectivity index (χ1) is 14.0. The average Bonchev–Trinajstić information content (AvgIpc) is 2.62. The predicted octanol–water partition coefficient (Wildman–Crippen LogP) is 2.71. The first kappa shape index (κ1) is 30.4. The first-order valence-electron chi connectivity index (χ1n) is 10.5. The van der Waals surface area contributed by atoms with Crippen molar-refractivity contribution in [3.8, 4) is 0 Å². The van der Waals surface area contributed by atoms with E-state index in [1.807, 2.05) is 13.8 Å². The summed E-state index contributed by atoms with van der Waals surface area (Å²) in [6.07, 6.45) is -1.91. The molecule has 0 saturated heterocycles. The number of phosphoric ester groups is 1. The lowest BCUT2D eigenvalue weighted by Gasteiger charge is -2.30. The van der Waals surface area contributed by atoms with E-state index < -0.39 is 31.4 Å². The highest BCUT2D eigenvalue weighted by Crippen LogP contribution is 2.47. The number of phosphoric acid groups is 1. The van der Waals surface area contributed by atoms with Gasteiger partial charge in [0.05, 0.1) is 12.7 Å². The van der Waals surface area contributed by atoms with Crippen LogP contribution in [-0.4, -0.2) is 64.2 Å². The normalized spacial score (nSPS) is 16.5.